The van der Waals surface area contributed by atoms with Crippen LogP contribution < -0.4 is 15.5 Å². The summed E-state index contributed by atoms with van der Waals surface area (Å²) >= 11 is 0. The number of anilines is 1. The highest BCUT2D eigenvalue weighted by molar-refractivity contribution is 5.97. The molecule has 2 heterocycles. The fraction of sp³-hybridized carbons (Fsp3) is 0.458. The summed E-state index contributed by atoms with van der Waals surface area (Å²) in [6.45, 7) is 9.93. The van der Waals surface area contributed by atoms with E-state index in [0.717, 1.165) is 24.5 Å². The number of rotatable bonds is 7. The maximum Gasteiger partial charge on any atom is 0.251 e. The predicted octanol–water partition coefficient (Wildman–Crippen LogP) is 2.77. The highest BCUT2D eigenvalue weighted by Crippen LogP contribution is 2.18. The lowest BCUT2D eigenvalue weighted by molar-refractivity contribution is -0.124. The van der Waals surface area contributed by atoms with Gasteiger partial charge in [-0.25, -0.2) is 4.98 Å². The molecule has 166 valence electrons. The Labute approximate surface area is 184 Å². The second kappa shape index (κ2) is 10.4. The number of morpholine rings is 1. The third-order valence-corrected chi connectivity index (χ3v) is 5.29. The molecule has 1 aliphatic heterocycles. The van der Waals surface area contributed by atoms with Gasteiger partial charge in [0, 0.05) is 31.4 Å². The zero-order chi connectivity index (χ0) is 22.4. The van der Waals surface area contributed by atoms with Crippen molar-refractivity contribution >= 4 is 17.6 Å². The summed E-state index contributed by atoms with van der Waals surface area (Å²) in [5, 5.41) is 5.77. The molecule has 0 saturated carbocycles. The number of benzene rings is 1. The van der Waals surface area contributed by atoms with Gasteiger partial charge in [0.1, 0.15) is 11.9 Å². The summed E-state index contributed by atoms with van der Waals surface area (Å²) in [5.41, 5.74) is 1.44. The smallest absolute Gasteiger partial charge is 0.251 e. The summed E-state index contributed by atoms with van der Waals surface area (Å²) < 4.78 is 5.78. The summed E-state index contributed by atoms with van der Waals surface area (Å²) in [4.78, 5) is 32.0. The minimum Gasteiger partial charge on any atom is -0.372 e. The van der Waals surface area contributed by atoms with Crippen LogP contribution in [0.3, 0.4) is 0 Å². The first-order chi connectivity index (χ1) is 14.8. The SMILES string of the molecule is CC(C)[C@H](NC(=O)c1ccccc1)C(=O)NCc1ccc(N2C[C@@H](C)O[C@@H](C)C2)nc1. The normalized spacial score (nSPS) is 19.7. The number of carbonyl (C=O) groups is 2. The molecule has 0 spiro atoms. The number of hydrogen-bond acceptors (Lipinski definition) is 5. The number of ether oxygens (including phenoxy) is 1. The topological polar surface area (TPSA) is 83.6 Å². The van der Waals surface area contributed by atoms with Crippen molar-refractivity contribution in [2.75, 3.05) is 18.0 Å². The van der Waals surface area contributed by atoms with Crippen LogP contribution in [0.25, 0.3) is 0 Å². The second-order valence-electron chi connectivity index (χ2n) is 8.47. The average Bonchev–Trinajstić information content (AvgIpc) is 2.75. The van der Waals surface area contributed by atoms with Gasteiger partial charge in [-0.3, -0.25) is 9.59 Å². The van der Waals surface area contributed by atoms with Crippen LogP contribution in [0.15, 0.2) is 48.7 Å². The van der Waals surface area contributed by atoms with Crippen molar-refractivity contribution in [2.24, 2.45) is 5.92 Å². The molecule has 31 heavy (non-hydrogen) atoms. The van der Waals surface area contributed by atoms with E-state index < -0.39 is 6.04 Å². The number of pyridine rings is 1. The largest absolute Gasteiger partial charge is 0.372 e. The van der Waals surface area contributed by atoms with Crippen LogP contribution in [0.1, 0.15) is 43.6 Å². The van der Waals surface area contributed by atoms with Crippen LogP contribution in [0, 0.1) is 5.92 Å². The minimum absolute atomic E-state index is 0.0431. The van der Waals surface area contributed by atoms with E-state index in [4.69, 9.17) is 4.74 Å². The fourth-order valence-corrected chi connectivity index (χ4v) is 3.72. The molecule has 2 N–H and O–H groups in total. The second-order valence-corrected chi connectivity index (χ2v) is 8.47. The number of amides is 2. The molecule has 3 rings (SSSR count). The van der Waals surface area contributed by atoms with E-state index in [2.05, 4.69) is 34.4 Å². The van der Waals surface area contributed by atoms with Gasteiger partial charge in [0.2, 0.25) is 5.91 Å². The third-order valence-electron chi connectivity index (χ3n) is 5.29. The number of nitrogens with zero attached hydrogens (tertiary/aromatic N) is 2. The van der Waals surface area contributed by atoms with Gasteiger partial charge in [-0.15, -0.1) is 0 Å². The van der Waals surface area contributed by atoms with Gasteiger partial charge >= 0.3 is 0 Å². The zero-order valence-electron chi connectivity index (χ0n) is 18.7. The van der Waals surface area contributed by atoms with Crippen molar-refractivity contribution < 1.29 is 14.3 Å². The molecule has 7 heteroatoms. The molecule has 1 aliphatic rings. The molecule has 2 amide bonds. The first-order valence-corrected chi connectivity index (χ1v) is 10.8. The molecule has 2 aromatic rings. The number of hydrogen-bond donors (Lipinski definition) is 2. The lowest BCUT2D eigenvalue weighted by Crippen LogP contribution is -2.49. The van der Waals surface area contributed by atoms with Gasteiger partial charge in [0.15, 0.2) is 0 Å². The Morgan fingerprint density at radius 3 is 2.35 bits per heavy atom. The van der Waals surface area contributed by atoms with Crippen molar-refractivity contribution in [1.82, 2.24) is 15.6 Å². The molecule has 0 bridgehead atoms. The van der Waals surface area contributed by atoms with E-state index in [1.165, 1.54) is 0 Å². The minimum atomic E-state index is -0.615. The maximum atomic E-state index is 12.7. The van der Waals surface area contributed by atoms with E-state index in [1.807, 2.05) is 32.0 Å². The van der Waals surface area contributed by atoms with E-state index >= 15 is 0 Å². The quantitative estimate of drug-likeness (QED) is 0.714. The molecular weight excluding hydrogens is 392 g/mol. The zero-order valence-corrected chi connectivity index (χ0v) is 18.7. The highest BCUT2D eigenvalue weighted by Gasteiger charge is 2.25. The van der Waals surface area contributed by atoms with Crippen LogP contribution in [-0.2, 0) is 16.1 Å². The molecular formula is C24H32N4O3. The first-order valence-electron chi connectivity index (χ1n) is 10.8. The standard InChI is InChI=1S/C24H32N4O3/c1-16(2)22(27-23(29)20-8-6-5-7-9-20)24(30)26-13-19-10-11-21(25-12-19)28-14-17(3)31-18(4)15-28/h5-12,16-18,22H,13-15H2,1-4H3,(H,26,30)(H,27,29)/t17-,18+,22-/m0/s1. The number of nitrogens with one attached hydrogen (secondary N) is 2. The molecule has 0 radical (unpaired) electrons. The van der Waals surface area contributed by atoms with E-state index in [1.54, 1.807) is 30.5 Å². The van der Waals surface area contributed by atoms with Crippen LogP contribution in [0.5, 0.6) is 0 Å². The predicted molar refractivity (Wildman–Crippen MR) is 121 cm³/mol. The molecule has 1 aromatic carbocycles. The lowest BCUT2D eigenvalue weighted by atomic mass is 10.0. The highest BCUT2D eigenvalue weighted by atomic mass is 16.5. The van der Waals surface area contributed by atoms with Crippen molar-refractivity contribution in [3.8, 4) is 0 Å². The first kappa shape index (κ1) is 22.7. The molecule has 0 unspecified atom stereocenters. The lowest BCUT2D eigenvalue weighted by Gasteiger charge is -2.36. The van der Waals surface area contributed by atoms with Crippen LogP contribution in [0.4, 0.5) is 5.82 Å². The van der Waals surface area contributed by atoms with Gasteiger partial charge in [-0.2, -0.15) is 0 Å². The molecule has 3 atom stereocenters. The van der Waals surface area contributed by atoms with Gasteiger partial charge in [0.25, 0.3) is 5.91 Å². The maximum absolute atomic E-state index is 12.7. The molecule has 1 fully saturated rings. The Balaban J connectivity index is 1.56. The van der Waals surface area contributed by atoms with E-state index in [9.17, 15) is 9.59 Å². The summed E-state index contributed by atoms with van der Waals surface area (Å²) in [5.74, 6) is 0.402. The number of carbonyl (C=O) groups excluding carboxylic acids is 2. The van der Waals surface area contributed by atoms with Crippen molar-refractivity contribution in [2.45, 2.75) is 52.5 Å². The Morgan fingerprint density at radius 2 is 1.77 bits per heavy atom. The molecule has 0 aliphatic carbocycles. The Bertz CT molecular complexity index is 860. The van der Waals surface area contributed by atoms with E-state index in [-0.39, 0.29) is 29.9 Å². The van der Waals surface area contributed by atoms with Crippen molar-refractivity contribution in [3.63, 3.8) is 0 Å². The van der Waals surface area contributed by atoms with E-state index in [0.29, 0.717) is 12.1 Å². The van der Waals surface area contributed by atoms with Crippen molar-refractivity contribution in [3.05, 3.63) is 59.8 Å². The number of aromatic nitrogens is 1. The average molecular weight is 425 g/mol. The monoisotopic (exact) mass is 424 g/mol. The summed E-state index contributed by atoms with van der Waals surface area (Å²) in [6.07, 6.45) is 2.13. The summed E-state index contributed by atoms with van der Waals surface area (Å²) in [6, 6.07) is 12.2. The Kier molecular flexibility index (Phi) is 7.63. The van der Waals surface area contributed by atoms with Gasteiger partial charge in [-0.05, 0) is 43.5 Å². The van der Waals surface area contributed by atoms with Gasteiger partial charge in [-0.1, -0.05) is 38.1 Å². The summed E-state index contributed by atoms with van der Waals surface area (Å²) in [7, 11) is 0. The van der Waals surface area contributed by atoms with Crippen LogP contribution >= 0.6 is 0 Å². The molecule has 7 nitrogen and oxygen atoms in total. The Morgan fingerprint density at radius 1 is 1.10 bits per heavy atom. The van der Waals surface area contributed by atoms with Crippen molar-refractivity contribution in [1.29, 1.82) is 0 Å². The Hall–Kier alpha value is -2.93. The molecule has 1 saturated heterocycles. The van der Waals surface area contributed by atoms with Crippen LogP contribution in [-0.4, -0.2) is 48.1 Å². The van der Waals surface area contributed by atoms with Gasteiger partial charge < -0.3 is 20.3 Å². The van der Waals surface area contributed by atoms with Gasteiger partial charge in [0.05, 0.1) is 12.2 Å². The molecule has 1 aromatic heterocycles. The third kappa shape index (κ3) is 6.28. The fourth-order valence-electron chi connectivity index (χ4n) is 3.72. The van der Waals surface area contributed by atoms with Crippen LogP contribution in [0.2, 0.25) is 0 Å².